The van der Waals surface area contributed by atoms with Crippen molar-refractivity contribution in [3.8, 4) is 5.75 Å². The van der Waals surface area contributed by atoms with Crippen LogP contribution in [0.3, 0.4) is 0 Å². The summed E-state index contributed by atoms with van der Waals surface area (Å²) in [6.07, 6.45) is 5.05. The van der Waals surface area contributed by atoms with Gasteiger partial charge in [-0.2, -0.15) is 0 Å². The Morgan fingerprint density at radius 1 is 1.05 bits per heavy atom. The van der Waals surface area contributed by atoms with Crippen LogP contribution in [0.25, 0.3) is 0 Å². The lowest BCUT2D eigenvalue weighted by molar-refractivity contribution is -0.142. The number of aromatic hydroxyl groups is 1. The average Bonchev–Trinajstić information content (AvgIpc) is 3.62. The highest BCUT2D eigenvalue weighted by Gasteiger charge is 2.33. The molecule has 38 heavy (non-hydrogen) atoms. The van der Waals surface area contributed by atoms with Gasteiger partial charge in [-0.25, -0.2) is 9.78 Å². The maximum absolute atomic E-state index is 13.4. The number of H-pyrrole nitrogens is 1. The van der Waals surface area contributed by atoms with E-state index >= 15 is 0 Å². The maximum atomic E-state index is 13.4. The second-order valence-electron chi connectivity index (χ2n) is 9.63. The Labute approximate surface area is 221 Å². The van der Waals surface area contributed by atoms with Crippen LogP contribution >= 0.6 is 0 Å². The number of rotatable bonds is 13. The van der Waals surface area contributed by atoms with E-state index in [9.17, 15) is 29.4 Å². The van der Waals surface area contributed by atoms with Crippen molar-refractivity contribution in [2.24, 2.45) is 5.92 Å². The van der Waals surface area contributed by atoms with Gasteiger partial charge >= 0.3 is 5.97 Å². The van der Waals surface area contributed by atoms with E-state index in [1.54, 1.807) is 12.1 Å². The van der Waals surface area contributed by atoms with E-state index in [0.29, 0.717) is 24.1 Å². The zero-order valence-corrected chi connectivity index (χ0v) is 21.6. The number of nitrogens with one attached hydrogen (secondary N) is 5. The Balaban J connectivity index is 1.78. The largest absolute Gasteiger partial charge is 0.508 e. The molecule has 206 valence electrons. The molecule has 0 spiro atoms. The van der Waals surface area contributed by atoms with Gasteiger partial charge in [-0.15, -0.1) is 0 Å². The molecule has 7 N–H and O–H groups in total. The molecule has 5 atom stereocenters. The van der Waals surface area contributed by atoms with Gasteiger partial charge in [-0.05, 0) is 43.0 Å². The predicted octanol–water partition coefficient (Wildman–Crippen LogP) is 0.238. The molecular weight excluding hydrogens is 492 g/mol. The summed E-state index contributed by atoms with van der Waals surface area (Å²) < 4.78 is 0. The summed E-state index contributed by atoms with van der Waals surface area (Å²) in [4.78, 5) is 58.1. The van der Waals surface area contributed by atoms with E-state index in [4.69, 9.17) is 0 Å². The summed E-state index contributed by atoms with van der Waals surface area (Å²) in [7, 11) is 0. The number of amides is 3. The Morgan fingerprint density at radius 3 is 2.34 bits per heavy atom. The Hall–Kier alpha value is -3.93. The molecule has 0 radical (unpaired) electrons. The highest BCUT2D eigenvalue weighted by Crippen LogP contribution is 2.14. The van der Waals surface area contributed by atoms with E-state index in [2.05, 4.69) is 31.2 Å². The van der Waals surface area contributed by atoms with Crippen molar-refractivity contribution in [1.82, 2.24) is 31.2 Å². The highest BCUT2D eigenvalue weighted by molar-refractivity contribution is 5.94. The Kier molecular flexibility index (Phi) is 10.2. The normalized spacial score (nSPS) is 18.1. The molecular formula is C26H36N6O6. The summed E-state index contributed by atoms with van der Waals surface area (Å²) in [6, 6.07) is 2.49. The first-order valence-corrected chi connectivity index (χ1v) is 12.8. The lowest BCUT2D eigenvalue weighted by atomic mass is 9.96. The fraction of sp³-hybridized carbons (Fsp3) is 0.500. The third-order valence-electron chi connectivity index (χ3n) is 6.77. The smallest absolute Gasteiger partial charge is 0.326 e. The monoisotopic (exact) mass is 528 g/mol. The number of phenols is 1. The fourth-order valence-corrected chi connectivity index (χ4v) is 4.29. The van der Waals surface area contributed by atoms with Gasteiger partial charge in [0.1, 0.15) is 23.9 Å². The Morgan fingerprint density at radius 2 is 1.76 bits per heavy atom. The van der Waals surface area contributed by atoms with Gasteiger partial charge in [-0.1, -0.05) is 32.4 Å². The van der Waals surface area contributed by atoms with E-state index < -0.39 is 35.9 Å². The number of hydrogen-bond donors (Lipinski definition) is 7. The minimum absolute atomic E-state index is 0.0269. The third kappa shape index (κ3) is 8.04. The first kappa shape index (κ1) is 28.6. The van der Waals surface area contributed by atoms with Gasteiger partial charge in [-0.3, -0.25) is 14.4 Å². The fourth-order valence-electron chi connectivity index (χ4n) is 4.29. The van der Waals surface area contributed by atoms with Gasteiger partial charge in [0.15, 0.2) is 0 Å². The molecule has 3 amide bonds. The minimum Gasteiger partial charge on any atom is -0.508 e. The standard InChI is InChI=1S/C26H36N6O6/c1-3-15(2)22(32-23(34)19-5-4-10-28-19)25(36)30-20(11-16-6-8-18(33)9-7-16)24(35)31-21(26(37)38)12-17-13-27-14-29-17/h6-9,13-15,19-22,28,33H,3-5,10-12H2,1-2H3,(H,27,29)(H,30,36)(H,31,35)(H,32,34)(H,37,38). The minimum atomic E-state index is -1.26. The SMILES string of the molecule is CCC(C)C(NC(=O)C1CCCN1)C(=O)NC(Cc1ccc(O)cc1)C(=O)NC(Cc1cnc[nH]1)C(=O)O. The number of hydrogen-bond acceptors (Lipinski definition) is 7. The summed E-state index contributed by atoms with van der Waals surface area (Å²) >= 11 is 0. The van der Waals surface area contributed by atoms with Crippen LogP contribution in [-0.2, 0) is 32.0 Å². The maximum Gasteiger partial charge on any atom is 0.326 e. The predicted molar refractivity (Wildman–Crippen MR) is 138 cm³/mol. The number of carboxylic acids is 1. The van der Waals surface area contributed by atoms with Crippen molar-refractivity contribution < 1.29 is 29.4 Å². The molecule has 3 rings (SSSR count). The number of carbonyl (C=O) groups excluding carboxylic acids is 3. The molecule has 12 heteroatoms. The highest BCUT2D eigenvalue weighted by atomic mass is 16.4. The van der Waals surface area contributed by atoms with Crippen molar-refractivity contribution in [2.45, 2.75) is 70.1 Å². The number of aliphatic carboxylic acids is 1. The van der Waals surface area contributed by atoms with Crippen molar-refractivity contribution in [2.75, 3.05) is 6.54 Å². The van der Waals surface area contributed by atoms with E-state index in [1.165, 1.54) is 24.7 Å². The molecule has 5 unspecified atom stereocenters. The van der Waals surface area contributed by atoms with Gasteiger partial charge in [0.05, 0.1) is 12.4 Å². The van der Waals surface area contributed by atoms with Gasteiger partial charge in [0.25, 0.3) is 0 Å². The number of carbonyl (C=O) groups is 4. The van der Waals surface area contributed by atoms with Crippen LogP contribution in [0.2, 0.25) is 0 Å². The molecule has 1 fully saturated rings. The van der Waals surface area contributed by atoms with E-state index in [0.717, 1.165) is 13.0 Å². The van der Waals surface area contributed by atoms with Crippen LogP contribution in [-0.4, -0.2) is 74.6 Å². The molecule has 1 aliphatic heterocycles. The van der Waals surface area contributed by atoms with Crippen molar-refractivity contribution in [3.63, 3.8) is 0 Å². The van der Waals surface area contributed by atoms with Crippen LogP contribution in [0.1, 0.15) is 44.4 Å². The lowest BCUT2D eigenvalue weighted by Crippen LogP contribution is -2.59. The first-order valence-electron chi connectivity index (χ1n) is 12.8. The topological polar surface area (TPSA) is 186 Å². The van der Waals surface area contributed by atoms with Gasteiger partial charge in [0.2, 0.25) is 17.7 Å². The molecule has 1 aromatic carbocycles. The number of imidazole rings is 1. The molecule has 0 bridgehead atoms. The molecule has 0 aliphatic carbocycles. The molecule has 12 nitrogen and oxygen atoms in total. The summed E-state index contributed by atoms with van der Waals surface area (Å²) in [5, 5.41) is 30.5. The molecule has 2 aromatic rings. The molecule has 1 aromatic heterocycles. The number of benzene rings is 1. The third-order valence-corrected chi connectivity index (χ3v) is 6.77. The van der Waals surface area contributed by atoms with Gasteiger partial charge in [0, 0.05) is 24.7 Å². The molecule has 1 saturated heterocycles. The second kappa shape index (κ2) is 13.6. The molecule has 1 aliphatic rings. The van der Waals surface area contributed by atoms with Crippen LogP contribution in [0, 0.1) is 5.92 Å². The Bertz CT molecular complexity index is 1080. The van der Waals surface area contributed by atoms with Crippen LogP contribution in [0.4, 0.5) is 0 Å². The first-order chi connectivity index (χ1) is 18.2. The number of phenolic OH excluding ortho intramolecular Hbond substituents is 1. The summed E-state index contributed by atoms with van der Waals surface area (Å²) in [5.41, 5.74) is 1.17. The number of carboxylic acid groups (broad SMARTS) is 1. The van der Waals surface area contributed by atoms with Crippen LogP contribution in [0.15, 0.2) is 36.8 Å². The summed E-state index contributed by atoms with van der Waals surface area (Å²) in [5.74, 6) is -2.91. The zero-order chi connectivity index (χ0) is 27.7. The molecule has 0 saturated carbocycles. The number of aromatic nitrogens is 2. The number of aromatic amines is 1. The summed E-state index contributed by atoms with van der Waals surface area (Å²) in [6.45, 7) is 4.47. The van der Waals surface area contributed by atoms with E-state index in [-0.39, 0.29) is 36.5 Å². The second-order valence-corrected chi connectivity index (χ2v) is 9.63. The van der Waals surface area contributed by atoms with Crippen LogP contribution < -0.4 is 21.3 Å². The molecule has 2 heterocycles. The zero-order valence-electron chi connectivity index (χ0n) is 21.6. The quantitative estimate of drug-likeness (QED) is 0.193. The van der Waals surface area contributed by atoms with Crippen molar-refractivity contribution in [3.05, 3.63) is 48.0 Å². The number of nitrogens with zero attached hydrogens (tertiary/aromatic N) is 1. The van der Waals surface area contributed by atoms with Crippen LogP contribution in [0.5, 0.6) is 5.75 Å². The van der Waals surface area contributed by atoms with Gasteiger partial charge < -0.3 is 36.5 Å². The van der Waals surface area contributed by atoms with Crippen molar-refractivity contribution >= 4 is 23.7 Å². The van der Waals surface area contributed by atoms with E-state index in [1.807, 2.05) is 13.8 Å². The van der Waals surface area contributed by atoms with Crippen molar-refractivity contribution in [1.29, 1.82) is 0 Å². The average molecular weight is 529 g/mol. The lowest BCUT2D eigenvalue weighted by Gasteiger charge is -2.28.